The van der Waals surface area contributed by atoms with Gasteiger partial charge in [-0.25, -0.2) is 0 Å². The van der Waals surface area contributed by atoms with Gasteiger partial charge in [-0.15, -0.1) is 0 Å². The molecule has 0 amide bonds. The van der Waals surface area contributed by atoms with E-state index in [9.17, 15) is 0 Å². The maximum atomic E-state index is 2.43. The topological polar surface area (TPSA) is 0 Å². The van der Waals surface area contributed by atoms with Crippen LogP contribution in [0, 0.1) is 0 Å². The summed E-state index contributed by atoms with van der Waals surface area (Å²) in [6, 6.07) is 74.6. The van der Waals surface area contributed by atoms with Gasteiger partial charge >= 0.3 is 0 Å². The van der Waals surface area contributed by atoms with E-state index in [0.717, 1.165) is 12.8 Å². The van der Waals surface area contributed by atoms with Gasteiger partial charge in [0.15, 0.2) is 0 Å². The normalized spacial score (nSPS) is 13.1. The lowest BCUT2D eigenvalue weighted by Gasteiger charge is -2.24. The van der Waals surface area contributed by atoms with E-state index >= 15 is 0 Å². The van der Waals surface area contributed by atoms with Gasteiger partial charge in [0.05, 0.1) is 0 Å². The Balaban J connectivity index is 0.783. The Kier molecular flexibility index (Phi) is 7.84. The third-order valence-corrected chi connectivity index (χ3v) is 13.7. The molecular weight excluding hydrogens is 745 g/mol. The van der Waals surface area contributed by atoms with Crippen LogP contribution in [0.2, 0.25) is 0 Å². The molecule has 0 saturated carbocycles. The Bertz CT molecular complexity index is 3600. The fourth-order valence-corrected chi connectivity index (χ4v) is 10.6. The first kappa shape index (κ1) is 35.0. The van der Waals surface area contributed by atoms with Crippen molar-refractivity contribution in [3.05, 3.63) is 229 Å². The van der Waals surface area contributed by atoms with Crippen LogP contribution in [-0.2, 0) is 6.42 Å². The molecule has 0 atom stereocenters. The van der Waals surface area contributed by atoms with Gasteiger partial charge in [0.1, 0.15) is 0 Å². The van der Waals surface area contributed by atoms with Crippen molar-refractivity contribution in [2.75, 3.05) is 0 Å². The van der Waals surface area contributed by atoms with Crippen LogP contribution >= 0.6 is 0 Å². The second-order valence-corrected chi connectivity index (χ2v) is 17.1. The molecule has 0 N–H and O–H groups in total. The number of hydrogen-bond donors (Lipinski definition) is 0. The van der Waals surface area contributed by atoms with Crippen molar-refractivity contribution in [1.29, 1.82) is 0 Å². The van der Waals surface area contributed by atoms with Gasteiger partial charge in [0.2, 0.25) is 0 Å². The van der Waals surface area contributed by atoms with Gasteiger partial charge in [0.25, 0.3) is 0 Å². The molecule has 0 heterocycles. The number of allylic oxidation sites excluding steroid dienone is 3. The van der Waals surface area contributed by atoms with E-state index in [2.05, 4.69) is 218 Å². The van der Waals surface area contributed by atoms with Crippen LogP contribution < -0.4 is 0 Å². The molecule has 62 heavy (non-hydrogen) atoms. The average molecular weight is 785 g/mol. The summed E-state index contributed by atoms with van der Waals surface area (Å²) >= 11 is 0. The Labute approximate surface area is 361 Å². The van der Waals surface area contributed by atoms with Crippen molar-refractivity contribution in [1.82, 2.24) is 0 Å². The molecule has 0 fully saturated rings. The predicted molar refractivity (Wildman–Crippen MR) is 266 cm³/mol. The molecule has 0 nitrogen and oxygen atoms in total. The fourth-order valence-electron chi connectivity index (χ4n) is 10.6. The number of hydrogen-bond acceptors (Lipinski definition) is 0. The summed E-state index contributed by atoms with van der Waals surface area (Å²) in [6.45, 7) is 0. The Hall–Kier alpha value is -7.80. The fraction of sp³-hybridized carbons (Fsp3) is 0.0323. The minimum absolute atomic E-state index is 1.02. The van der Waals surface area contributed by atoms with Crippen molar-refractivity contribution < 1.29 is 0 Å². The quantitative estimate of drug-likeness (QED) is 0.147. The molecule has 288 valence electrons. The standard InChI is InChI=1S/C62H40/c1-2-5-39(6-3-1)40-13-19-46(20-14-40)54-34-28-51-32-38-58-55(35-29-52-31-37-57(54)61(51)62(52)58)47-23-17-44(18-24-47)42-11-9-41(10-12-42)43-15-21-45(22-16-43)53-33-27-50-26-25-48-7-4-8-49-30-36-56(53)60(50)59(48)49/h1-6,8-25,27-38H,7,26H2. The monoisotopic (exact) mass is 784 g/mol. The molecule has 0 heteroatoms. The molecule has 13 rings (SSSR count). The highest BCUT2D eigenvalue weighted by Crippen LogP contribution is 2.45. The second-order valence-electron chi connectivity index (χ2n) is 17.1. The van der Waals surface area contributed by atoms with E-state index in [1.54, 1.807) is 0 Å². The molecule has 0 spiro atoms. The molecule has 11 aromatic rings. The van der Waals surface area contributed by atoms with Crippen LogP contribution in [0.1, 0.15) is 23.1 Å². The number of benzene rings is 11. The van der Waals surface area contributed by atoms with E-state index in [1.165, 1.54) is 132 Å². The van der Waals surface area contributed by atoms with E-state index in [0.29, 0.717) is 0 Å². The summed E-state index contributed by atoms with van der Waals surface area (Å²) < 4.78 is 0. The summed E-state index contributed by atoms with van der Waals surface area (Å²) in [7, 11) is 0. The third kappa shape index (κ3) is 5.54. The molecule has 0 aromatic heterocycles. The van der Waals surface area contributed by atoms with Gasteiger partial charge in [-0.2, -0.15) is 0 Å². The SMILES string of the molecule is C1=Cc2ccc3c(-c4ccc(-c5ccc(-c6ccc(-c7ccc8ccc9c(-c%10ccc(-c%11ccccc%11)cc%10)ccc%10ccc7c8c%109)cc6)cc5)cc4)ccc4c3c2C(=CC4)C1. The Morgan fingerprint density at radius 3 is 1.19 bits per heavy atom. The summed E-state index contributed by atoms with van der Waals surface area (Å²) in [5.41, 5.74) is 20.7. The van der Waals surface area contributed by atoms with Gasteiger partial charge < -0.3 is 0 Å². The van der Waals surface area contributed by atoms with Crippen molar-refractivity contribution in [2.24, 2.45) is 0 Å². The lowest BCUT2D eigenvalue weighted by molar-refractivity contribution is 1.23. The first-order valence-corrected chi connectivity index (χ1v) is 21.8. The maximum Gasteiger partial charge on any atom is -0.00203 e. The van der Waals surface area contributed by atoms with Crippen LogP contribution in [-0.4, -0.2) is 0 Å². The first-order chi connectivity index (χ1) is 30.7. The Morgan fingerprint density at radius 2 is 0.694 bits per heavy atom. The molecule has 11 aromatic carbocycles. The van der Waals surface area contributed by atoms with Crippen molar-refractivity contribution >= 4 is 54.7 Å². The lowest BCUT2D eigenvalue weighted by atomic mass is 9.80. The largest absolute Gasteiger partial charge is 0.0795 e. The summed E-state index contributed by atoms with van der Waals surface area (Å²) in [5.74, 6) is 0. The molecule has 0 saturated heterocycles. The van der Waals surface area contributed by atoms with Crippen molar-refractivity contribution in [3.8, 4) is 66.8 Å². The molecule has 0 unspecified atom stereocenters. The van der Waals surface area contributed by atoms with Gasteiger partial charge in [-0.3, -0.25) is 0 Å². The number of rotatable bonds is 6. The first-order valence-electron chi connectivity index (χ1n) is 21.8. The van der Waals surface area contributed by atoms with Gasteiger partial charge in [-0.1, -0.05) is 218 Å². The van der Waals surface area contributed by atoms with Crippen molar-refractivity contribution in [3.63, 3.8) is 0 Å². The summed E-state index contributed by atoms with van der Waals surface area (Å²) in [5, 5.41) is 10.6. The van der Waals surface area contributed by atoms with Gasteiger partial charge in [-0.05, 0) is 145 Å². The molecule has 2 aliphatic carbocycles. The highest BCUT2D eigenvalue weighted by molar-refractivity contribution is 6.27. The van der Waals surface area contributed by atoms with Crippen LogP contribution in [0.5, 0.6) is 0 Å². The summed E-state index contributed by atoms with van der Waals surface area (Å²) in [4.78, 5) is 0. The van der Waals surface area contributed by atoms with E-state index < -0.39 is 0 Å². The summed E-state index contributed by atoms with van der Waals surface area (Å²) in [6.07, 6.45) is 9.07. The van der Waals surface area contributed by atoms with Crippen LogP contribution in [0.25, 0.3) is 122 Å². The van der Waals surface area contributed by atoms with E-state index in [4.69, 9.17) is 0 Å². The zero-order valence-electron chi connectivity index (χ0n) is 34.2. The predicted octanol–water partition coefficient (Wildman–Crippen LogP) is 17.1. The van der Waals surface area contributed by atoms with E-state index in [-0.39, 0.29) is 0 Å². The molecule has 0 radical (unpaired) electrons. The molecule has 0 bridgehead atoms. The zero-order valence-corrected chi connectivity index (χ0v) is 34.2. The lowest BCUT2D eigenvalue weighted by Crippen LogP contribution is -2.03. The minimum Gasteiger partial charge on any atom is -0.0795 e. The minimum atomic E-state index is 1.02. The smallest absolute Gasteiger partial charge is 0.00203 e. The molecule has 2 aliphatic rings. The van der Waals surface area contributed by atoms with E-state index in [1.807, 2.05) is 0 Å². The van der Waals surface area contributed by atoms with Crippen molar-refractivity contribution in [2.45, 2.75) is 12.8 Å². The average Bonchev–Trinajstić information content (AvgIpc) is 3.35. The highest BCUT2D eigenvalue weighted by Gasteiger charge is 2.21. The van der Waals surface area contributed by atoms with Crippen LogP contribution in [0.4, 0.5) is 0 Å². The van der Waals surface area contributed by atoms with Gasteiger partial charge in [0, 0.05) is 0 Å². The van der Waals surface area contributed by atoms with Crippen LogP contribution in [0.15, 0.2) is 212 Å². The maximum absolute atomic E-state index is 2.43. The highest BCUT2D eigenvalue weighted by atomic mass is 14.3. The second kappa shape index (κ2) is 13.9. The van der Waals surface area contributed by atoms with Crippen LogP contribution in [0.3, 0.4) is 0 Å². The zero-order chi connectivity index (χ0) is 40.7. The Morgan fingerprint density at radius 1 is 0.290 bits per heavy atom. The third-order valence-electron chi connectivity index (χ3n) is 13.7. The molecular formula is C62H40. The molecule has 0 aliphatic heterocycles.